The zero-order chi connectivity index (χ0) is 24.3. The van der Waals surface area contributed by atoms with E-state index in [0.29, 0.717) is 30.1 Å². The number of hydrogen-bond donors (Lipinski definition) is 1. The molecular formula is C28H36ClN3O2. The van der Waals surface area contributed by atoms with E-state index in [9.17, 15) is 9.59 Å². The molecule has 34 heavy (non-hydrogen) atoms. The fourth-order valence-corrected chi connectivity index (χ4v) is 4.30. The first-order valence-electron chi connectivity index (χ1n) is 12.3. The van der Waals surface area contributed by atoms with Gasteiger partial charge in [-0.25, -0.2) is 0 Å². The van der Waals surface area contributed by atoms with Gasteiger partial charge in [-0.2, -0.15) is 0 Å². The Hall–Kier alpha value is -2.79. The van der Waals surface area contributed by atoms with Crippen molar-refractivity contribution >= 4 is 34.3 Å². The Bertz CT molecular complexity index is 1080. The minimum atomic E-state index is -0.0770. The van der Waals surface area contributed by atoms with Crippen molar-refractivity contribution in [1.82, 2.24) is 14.8 Å². The first kappa shape index (κ1) is 25.8. The molecule has 2 amide bonds. The molecule has 2 aromatic carbocycles. The summed E-state index contributed by atoms with van der Waals surface area (Å²) in [5.74, 6) is 0.152. The van der Waals surface area contributed by atoms with Gasteiger partial charge in [0, 0.05) is 55.2 Å². The Morgan fingerprint density at radius 1 is 1.00 bits per heavy atom. The van der Waals surface area contributed by atoms with Crippen LogP contribution in [0.3, 0.4) is 0 Å². The van der Waals surface area contributed by atoms with Gasteiger partial charge in [-0.3, -0.25) is 9.59 Å². The maximum atomic E-state index is 13.0. The summed E-state index contributed by atoms with van der Waals surface area (Å²) >= 11 is 6.24. The van der Waals surface area contributed by atoms with Crippen LogP contribution in [-0.4, -0.2) is 41.4 Å². The highest BCUT2D eigenvalue weighted by atomic mass is 35.5. The second-order valence-electron chi connectivity index (χ2n) is 8.91. The van der Waals surface area contributed by atoms with E-state index in [-0.39, 0.29) is 11.8 Å². The number of carbonyl (C=O) groups is 2. The third kappa shape index (κ3) is 7.36. The molecule has 3 rings (SSSR count). The van der Waals surface area contributed by atoms with Crippen LogP contribution in [0.4, 0.5) is 0 Å². The second-order valence-corrected chi connectivity index (χ2v) is 9.34. The zero-order valence-electron chi connectivity index (χ0n) is 20.4. The maximum Gasteiger partial charge on any atom is 0.253 e. The number of benzene rings is 2. The summed E-state index contributed by atoms with van der Waals surface area (Å²) < 4.78 is 2.10. The van der Waals surface area contributed by atoms with E-state index < -0.39 is 0 Å². The van der Waals surface area contributed by atoms with Crippen molar-refractivity contribution < 1.29 is 9.59 Å². The number of amides is 2. The molecule has 0 saturated carbocycles. The highest BCUT2D eigenvalue weighted by Crippen LogP contribution is 2.26. The van der Waals surface area contributed by atoms with Crippen molar-refractivity contribution in [2.24, 2.45) is 0 Å². The molecule has 0 fully saturated rings. The van der Waals surface area contributed by atoms with Crippen LogP contribution < -0.4 is 5.32 Å². The van der Waals surface area contributed by atoms with Crippen molar-refractivity contribution in [2.45, 2.75) is 58.4 Å². The quantitative estimate of drug-likeness (QED) is 0.292. The van der Waals surface area contributed by atoms with E-state index in [1.165, 1.54) is 5.56 Å². The Balaban J connectivity index is 1.48. The fraction of sp³-hybridized carbons (Fsp3) is 0.429. The first-order valence-corrected chi connectivity index (χ1v) is 12.7. The van der Waals surface area contributed by atoms with Crippen LogP contribution in [0.1, 0.15) is 67.8 Å². The summed E-state index contributed by atoms with van der Waals surface area (Å²) in [6.07, 6.45) is 8.47. The van der Waals surface area contributed by atoms with E-state index in [0.717, 1.165) is 56.0 Å². The molecule has 1 N–H and O–H groups in total. The lowest BCUT2D eigenvalue weighted by Crippen LogP contribution is -2.27. The van der Waals surface area contributed by atoms with Crippen molar-refractivity contribution in [2.75, 3.05) is 20.1 Å². The highest BCUT2D eigenvalue weighted by molar-refractivity contribution is 6.31. The molecule has 1 heterocycles. The minimum Gasteiger partial charge on any atom is -0.352 e. The molecular weight excluding hydrogens is 446 g/mol. The number of nitrogens with one attached hydrogen (secondary N) is 1. The third-order valence-corrected chi connectivity index (χ3v) is 6.39. The number of hydrogen-bond acceptors (Lipinski definition) is 2. The van der Waals surface area contributed by atoms with Crippen LogP contribution >= 0.6 is 11.6 Å². The van der Waals surface area contributed by atoms with Crippen molar-refractivity contribution in [3.05, 3.63) is 70.9 Å². The fourth-order valence-electron chi connectivity index (χ4n) is 4.12. The van der Waals surface area contributed by atoms with Gasteiger partial charge in [-0.15, -0.1) is 0 Å². The van der Waals surface area contributed by atoms with Crippen LogP contribution in [0.15, 0.2) is 54.7 Å². The summed E-state index contributed by atoms with van der Waals surface area (Å²) in [6, 6.07) is 15.9. The number of halogens is 1. The first-order chi connectivity index (χ1) is 16.5. The molecule has 0 saturated heterocycles. The lowest BCUT2D eigenvalue weighted by molar-refractivity contribution is -0.130. The average molecular weight is 482 g/mol. The molecule has 1 aromatic heterocycles. The molecule has 0 radical (unpaired) electrons. The summed E-state index contributed by atoms with van der Waals surface area (Å²) in [5, 5.41) is 4.54. The third-order valence-electron chi connectivity index (χ3n) is 6.16. The number of aromatic nitrogens is 1. The van der Waals surface area contributed by atoms with Gasteiger partial charge < -0.3 is 14.8 Å². The van der Waals surface area contributed by atoms with Gasteiger partial charge in [0.2, 0.25) is 5.91 Å². The van der Waals surface area contributed by atoms with Gasteiger partial charge in [-0.1, -0.05) is 68.1 Å². The molecule has 0 aliphatic rings. The van der Waals surface area contributed by atoms with E-state index in [2.05, 4.69) is 28.9 Å². The van der Waals surface area contributed by atoms with Crippen molar-refractivity contribution in [3.8, 4) is 0 Å². The largest absolute Gasteiger partial charge is 0.352 e. The lowest BCUT2D eigenvalue weighted by Gasteiger charge is -2.16. The van der Waals surface area contributed by atoms with Crippen molar-refractivity contribution in [1.29, 1.82) is 0 Å². The minimum absolute atomic E-state index is 0.0770. The normalized spacial score (nSPS) is 11.0. The molecule has 0 spiro atoms. The molecule has 0 aliphatic carbocycles. The molecule has 5 nitrogen and oxygen atoms in total. The molecule has 182 valence electrons. The van der Waals surface area contributed by atoms with E-state index in [1.54, 1.807) is 0 Å². The maximum absolute atomic E-state index is 13.0. The van der Waals surface area contributed by atoms with Gasteiger partial charge in [0.1, 0.15) is 0 Å². The topological polar surface area (TPSA) is 54.3 Å². The highest BCUT2D eigenvalue weighted by Gasteiger charge is 2.15. The van der Waals surface area contributed by atoms with Crippen LogP contribution in [0.25, 0.3) is 10.9 Å². The lowest BCUT2D eigenvalue weighted by atomic mass is 10.1. The van der Waals surface area contributed by atoms with E-state index >= 15 is 0 Å². The Labute approximate surface area is 208 Å². The molecule has 6 heteroatoms. The van der Waals surface area contributed by atoms with Gasteiger partial charge >= 0.3 is 0 Å². The summed E-state index contributed by atoms with van der Waals surface area (Å²) in [4.78, 5) is 26.9. The monoisotopic (exact) mass is 481 g/mol. The molecule has 0 atom stereocenters. The predicted molar refractivity (Wildman–Crippen MR) is 140 cm³/mol. The summed E-state index contributed by atoms with van der Waals surface area (Å²) in [7, 11) is 1.89. The predicted octanol–water partition coefficient (Wildman–Crippen LogP) is 6.28. The summed E-state index contributed by atoms with van der Waals surface area (Å²) in [5.41, 5.74) is 2.82. The van der Waals surface area contributed by atoms with Gasteiger partial charge in [0.15, 0.2) is 0 Å². The SMILES string of the molecule is CCCCN(C)C(=O)CCCCCCNC(=O)c1cn(Cc2ccccc2)c2ccc(Cl)cc12. The van der Waals surface area contributed by atoms with Crippen LogP contribution in [0.2, 0.25) is 5.02 Å². The molecule has 3 aromatic rings. The van der Waals surface area contributed by atoms with Gasteiger partial charge in [0.05, 0.1) is 5.56 Å². The van der Waals surface area contributed by atoms with E-state index in [1.807, 2.05) is 54.5 Å². The van der Waals surface area contributed by atoms with Crippen LogP contribution in [-0.2, 0) is 11.3 Å². The molecule has 0 bridgehead atoms. The summed E-state index contributed by atoms with van der Waals surface area (Å²) in [6.45, 7) is 4.29. The standard InChI is InChI=1S/C28H36ClN3O2/c1-3-4-18-31(2)27(33)14-10-5-6-11-17-30-28(34)25-21-32(20-22-12-8-7-9-13-22)26-16-15-23(29)19-24(25)26/h7-9,12-13,15-16,19,21H,3-6,10-11,14,17-18,20H2,1-2H3,(H,30,34). The molecule has 0 unspecified atom stereocenters. The number of rotatable bonds is 13. The zero-order valence-corrected chi connectivity index (χ0v) is 21.1. The van der Waals surface area contributed by atoms with E-state index in [4.69, 9.17) is 11.6 Å². The van der Waals surface area contributed by atoms with Gasteiger partial charge in [-0.05, 0) is 43.0 Å². The van der Waals surface area contributed by atoms with Crippen LogP contribution in [0.5, 0.6) is 0 Å². The number of unbranched alkanes of at least 4 members (excludes halogenated alkanes) is 4. The molecule has 0 aliphatic heterocycles. The second kappa shape index (κ2) is 13.2. The van der Waals surface area contributed by atoms with Gasteiger partial charge in [0.25, 0.3) is 5.91 Å². The Morgan fingerprint density at radius 2 is 1.76 bits per heavy atom. The number of nitrogens with zero attached hydrogens (tertiary/aromatic N) is 2. The smallest absolute Gasteiger partial charge is 0.253 e. The average Bonchev–Trinajstić information content (AvgIpc) is 3.19. The number of fused-ring (bicyclic) bond motifs is 1. The Kier molecular flexibility index (Phi) is 10.0. The van der Waals surface area contributed by atoms with Crippen molar-refractivity contribution in [3.63, 3.8) is 0 Å². The Morgan fingerprint density at radius 3 is 2.53 bits per heavy atom. The van der Waals surface area contributed by atoms with Crippen LogP contribution in [0, 0.1) is 0 Å². The number of carbonyl (C=O) groups excluding carboxylic acids is 2.